The number of aldehydes is 1. The molecule has 0 saturated carbocycles. The Morgan fingerprint density at radius 1 is 1.32 bits per heavy atom. The number of rotatable bonds is 6. The molecular weight excluding hydrogens is 312 g/mol. The van der Waals surface area contributed by atoms with E-state index in [-0.39, 0.29) is 6.10 Å². The smallest absolute Gasteiger partial charge is 0.149 e. The molecule has 0 radical (unpaired) electrons. The molecule has 1 aromatic carbocycles. The SMILES string of the molecule is C=C(C=O)/C=C(/CC)C(=NC)N1CCC(Oc2ccc(C)cc2)CC1. The first-order chi connectivity index (χ1) is 12.1. The van der Waals surface area contributed by atoms with Crippen molar-refractivity contribution in [3.05, 3.63) is 53.6 Å². The van der Waals surface area contributed by atoms with Crippen molar-refractivity contribution < 1.29 is 9.53 Å². The van der Waals surface area contributed by atoms with E-state index in [9.17, 15) is 4.79 Å². The molecular formula is C21H28N2O2. The van der Waals surface area contributed by atoms with Gasteiger partial charge in [-0.2, -0.15) is 0 Å². The molecule has 1 aliphatic rings. The number of carbonyl (C=O) groups excluding carboxylic acids is 1. The number of carbonyl (C=O) groups is 1. The Labute approximate surface area is 150 Å². The van der Waals surface area contributed by atoms with Gasteiger partial charge in [-0.15, -0.1) is 0 Å². The lowest BCUT2D eigenvalue weighted by molar-refractivity contribution is -0.104. The molecule has 0 unspecified atom stereocenters. The maximum atomic E-state index is 10.9. The molecule has 0 N–H and O–H groups in total. The molecule has 0 aliphatic carbocycles. The quantitative estimate of drug-likeness (QED) is 0.259. The van der Waals surface area contributed by atoms with E-state index in [1.807, 2.05) is 18.2 Å². The molecule has 1 aromatic rings. The van der Waals surface area contributed by atoms with Gasteiger partial charge >= 0.3 is 0 Å². The molecule has 1 aliphatic heterocycles. The molecule has 0 atom stereocenters. The first kappa shape index (κ1) is 19.0. The van der Waals surface area contributed by atoms with Crippen molar-refractivity contribution in [1.82, 2.24) is 4.90 Å². The molecule has 0 amide bonds. The van der Waals surface area contributed by atoms with E-state index in [4.69, 9.17) is 4.74 Å². The first-order valence-corrected chi connectivity index (χ1v) is 8.87. The average molecular weight is 340 g/mol. The van der Waals surface area contributed by atoms with Gasteiger partial charge in [-0.25, -0.2) is 0 Å². The summed E-state index contributed by atoms with van der Waals surface area (Å²) < 4.78 is 6.10. The average Bonchev–Trinajstić information content (AvgIpc) is 2.64. The topological polar surface area (TPSA) is 41.9 Å². The Morgan fingerprint density at radius 2 is 1.96 bits per heavy atom. The number of hydrogen-bond donors (Lipinski definition) is 0. The Kier molecular flexibility index (Phi) is 6.99. The van der Waals surface area contributed by atoms with E-state index >= 15 is 0 Å². The number of allylic oxidation sites excluding steroid dienone is 2. The van der Waals surface area contributed by atoms with Crippen LogP contribution >= 0.6 is 0 Å². The lowest BCUT2D eigenvalue weighted by Crippen LogP contribution is -2.42. The number of ether oxygens (including phenoxy) is 1. The molecule has 1 fully saturated rings. The number of benzene rings is 1. The summed E-state index contributed by atoms with van der Waals surface area (Å²) in [5, 5.41) is 0. The van der Waals surface area contributed by atoms with E-state index < -0.39 is 0 Å². The number of nitrogens with zero attached hydrogens (tertiary/aromatic N) is 2. The molecule has 0 aromatic heterocycles. The molecule has 4 nitrogen and oxygen atoms in total. The number of aryl methyl sites for hydroxylation is 1. The van der Waals surface area contributed by atoms with Crippen LogP contribution in [0, 0.1) is 6.92 Å². The molecule has 0 bridgehead atoms. The van der Waals surface area contributed by atoms with Crippen LogP contribution in [0.1, 0.15) is 31.7 Å². The number of hydrogen-bond acceptors (Lipinski definition) is 3. The van der Waals surface area contributed by atoms with Gasteiger partial charge in [0.2, 0.25) is 0 Å². The molecule has 25 heavy (non-hydrogen) atoms. The van der Waals surface area contributed by atoms with Crippen molar-refractivity contribution in [3.8, 4) is 5.75 Å². The van der Waals surface area contributed by atoms with E-state index in [2.05, 4.69) is 42.5 Å². The molecule has 0 spiro atoms. The van der Waals surface area contributed by atoms with Crippen molar-refractivity contribution in [2.45, 2.75) is 39.2 Å². The van der Waals surface area contributed by atoms with Crippen LogP contribution in [-0.2, 0) is 4.79 Å². The van der Waals surface area contributed by atoms with Crippen LogP contribution in [0.15, 0.2) is 53.1 Å². The van der Waals surface area contributed by atoms with E-state index in [0.29, 0.717) is 5.57 Å². The lowest BCUT2D eigenvalue weighted by Gasteiger charge is -2.35. The van der Waals surface area contributed by atoms with E-state index in [1.54, 1.807) is 7.05 Å². The van der Waals surface area contributed by atoms with Crippen LogP contribution in [0.3, 0.4) is 0 Å². The van der Waals surface area contributed by atoms with Crippen molar-refractivity contribution in [3.63, 3.8) is 0 Å². The van der Waals surface area contributed by atoms with Crippen molar-refractivity contribution in [1.29, 1.82) is 0 Å². The van der Waals surface area contributed by atoms with Crippen LogP contribution in [0.5, 0.6) is 5.75 Å². The fourth-order valence-electron chi connectivity index (χ4n) is 3.07. The summed E-state index contributed by atoms with van der Waals surface area (Å²) in [6.45, 7) is 9.69. The third kappa shape index (κ3) is 5.31. The summed E-state index contributed by atoms with van der Waals surface area (Å²) in [7, 11) is 1.80. The first-order valence-electron chi connectivity index (χ1n) is 8.87. The second-order valence-corrected chi connectivity index (χ2v) is 6.38. The summed E-state index contributed by atoms with van der Waals surface area (Å²) >= 11 is 0. The minimum atomic E-state index is 0.232. The lowest BCUT2D eigenvalue weighted by atomic mass is 10.0. The molecule has 1 saturated heterocycles. The third-order valence-corrected chi connectivity index (χ3v) is 4.46. The highest BCUT2D eigenvalue weighted by atomic mass is 16.5. The Bertz CT molecular complexity index is 651. The van der Waals surface area contributed by atoms with Crippen molar-refractivity contribution >= 4 is 12.1 Å². The summed E-state index contributed by atoms with van der Waals surface area (Å²) in [5.41, 5.74) is 2.77. The fraction of sp³-hybridized carbons (Fsp3) is 0.429. The Hall–Kier alpha value is -2.36. The second-order valence-electron chi connectivity index (χ2n) is 6.38. The number of likely N-dealkylation sites (tertiary alicyclic amines) is 1. The van der Waals surface area contributed by atoms with E-state index in [0.717, 1.165) is 55.8 Å². The van der Waals surface area contributed by atoms with Crippen molar-refractivity contribution in [2.24, 2.45) is 4.99 Å². The van der Waals surface area contributed by atoms with Gasteiger partial charge < -0.3 is 9.64 Å². The zero-order chi connectivity index (χ0) is 18.2. The molecule has 4 heteroatoms. The number of amidine groups is 1. The normalized spacial score (nSPS) is 16.7. The van der Waals surface area contributed by atoms with Gasteiger partial charge in [0.25, 0.3) is 0 Å². The minimum Gasteiger partial charge on any atom is -0.490 e. The van der Waals surface area contributed by atoms with Gasteiger partial charge in [0.1, 0.15) is 24.0 Å². The monoisotopic (exact) mass is 340 g/mol. The summed E-state index contributed by atoms with van der Waals surface area (Å²) in [4.78, 5) is 17.6. The van der Waals surface area contributed by atoms with Crippen molar-refractivity contribution in [2.75, 3.05) is 20.1 Å². The highest BCUT2D eigenvalue weighted by Crippen LogP contribution is 2.21. The standard InChI is InChI=1S/C21H28N2O2/c1-5-18(14-17(3)15-24)21(22-4)23-12-10-20(11-13-23)25-19-8-6-16(2)7-9-19/h6-9,14-15,20H,3,5,10-13H2,1-2,4H3/b18-14-,22-21?. The predicted molar refractivity (Wildman–Crippen MR) is 103 cm³/mol. The van der Waals surface area contributed by atoms with E-state index in [1.165, 1.54) is 5.56 Å². The predicted octanol–water partition coefficient (Wildman–Crippen LogP) is 3.96. The zero-order valence-electron chi connectivity index (χ0n) is 15.5. The molecule has 134 valence electrons. The summed E-state index contributed by atoms with van der Waals surface area (Å²) in [6, 6.07) is 8.21. The number of piperidine rings is 1. The highest BCUT2D eigenvalue weighted by molar-refractivity contribution is 5.99. The van der Waals surface area contributed by atoms with Gasteiger partial charge in [0.15, 0.2) is 0 Å². The summed E-state index contributed by atoms with van der Waals surface area (Å²) in [5.74, 6) is 1.89. The van der Waals surface area contributed by atoms with Gasteiger partial charge in [-0.3, -0.25) is 9.79 Å². The van der Waals surface area contributed by atoms with Crippen LogP contribution in [-0.4, -0.2) is 43.3 Å². The third-order valence-electron chi connectivity index (χ3n) is 4.46. The van der Waals surface area contributed by atoms with Gasteiger partial charge in [0, 0.05) is 38.6 Å². The fourth-order valence-corrected chi connectivity index (χ4v) is 3.07. The largest absolute Gasteiger partial charge is 0.490 e. The van der Waals surface area contributed by atoms with Gasteiger partial charge in [-0.1, -0.05) is 31.2 Å². The zero-order valence-corrected chi connectivity index (χ0v) is 15.5. The molecule has 2 rings (SSSR count). The maximum Gasteiger partial charge on any atom is 0.149 e. The Morgan fingerprint density at radius 3 is 2.48 bits per heavy atom. The number of aliphatic imine (C=N–C) groups is 1. The van der Waals surface area contributed by atoms with Crippen LogP contribution in [0.25, 0.3) is 0 Å². The molecule has 1 heterocycles. The second kappa shape index (κ2) is 9.21. The maximum absolute atomic E-state index is 10.9. The van der Waals surface area contributed by atoms with Crippen LogP contribution < -0.4 is 4.74 Å². The minimum absolute atomic E-state index is 0.232. The highest BCUT2D eigenvalue weighted by Gasteiger charge is 2.24. The van der Waals surface area contributed by atoms with Gasteiger partial charge in [-0.05, 0) is 37.1 Å². The summed E-state index contributed by atoms with van der Waals surface area (Å²) in [6.07, 6.45) is 5.58. The Balaban J connectivity index is 1.97. The van der Waals surface area contributed by atoms with Crippen LogP contribution in [0.2, 0.25) is 0 Å². The van der Waals surface area contributed by atoms with Gasteiger partial charge in [0.05, 0.1) is 0 Å². The van der Waals surface area contributed by atoms with Crippen LogP contribution in [0.4, 0.5) is 0 Å².